The second-order valence-corrected chi connectivity index (χ2v) is 9.57. The molecule has 4 aromatic rings. The van der Waals surface area contributed by atoms with Gasteiger partial charge < -0.3 is 10.1 Å². The van der Waals surface area contributed by atoms with Crippen LogP contribution in [0.1, 0.15) is 5.56 Å². The topological polar surface area (TPSA) is 90.3 Å². The first kappa shape index (κ1) is 20.3. The van der Waals surface area contributed by atoms with E-state index in [1.54, 1.807) is 42.6 Å². The molecule has 1 N–H and O–H groups in total. The van der Waals surface area contributed by atoms with E-state index in [4.69, 9.17) is 4.74 Å². The largest absolute Gasteiger partial charge is 0.375 e. The maximum absolute atomic E-state index is 13.1. The van der Waals surface area contributed by atoms with Gasteiger partial charge in [-0.05, 0) is 43.3 Å². The van der Waals surface area contributed by atoms with Crippen LogP contribution in [-0.2, 0) is 19.6 Å². The summed E-state index contributed by atoms with van der Waals surface area (Å²) in [7, 11) is -2.31. The number of carbonyl (C=O) groups excluding carboxylic acids is 1. The molecule has 0 fully saturated rings. The van der Waals surface area contributed by atoms with Gasteiger partial charge in [-0.1, -0.05) is 17.7 Å². The van der Waals surface area contributed by atoms with E-state index < -0.39 is 10.0 Å². The SMILES string of the molecule is COCC(=O)Nc1ccc(-c2ccnc3c2ccn3S(=O)(=O)c2ccc(C)cc2)s1. The van der Waals surface area contributed by atoms with Gasteiger partial charge in [0.1, 0.15) is 6.61 Å². The van der Waals surface area contributed by atoms with Gasteiger partial charge in [-0.15, -0.1) is 11.3 Å². The van der Waals surface area contributed by atoms with E-state index in [2.05, 4.69) is 10.3 Å². The zero-order valence-electron chi connectivity index (χ0n) is 16.3. The number of anilines is 1. The van der Waals surface area contributed by atoms with Crippen LogP contribution in [0.2, 0.25) is 0 Å². The van der Waals surface area contributed by atoms with Gasteiger partial charge in [-0.25, -0.2) is 17.4 Å². The van der Waals surface area contributed by atoms with Crippen molar-refractivity contribution >= 4 is 43.3 Å². The Morgan fingerprint density at radius 2 is 1.90 bits per heavy atom. The molecule has 0 saturated carbocycles. The number of pyridine rings is 1. The van der Waals surface area contributed by atoms with Crippen molar-refractivity contribution < 1.29 is 17.9 Å². The Kier molecular flexibility index (Phi) is 5.42. The predicted octanol–water partition coefficient (Wildman–Crippen LogP) is 3.90. The van der Waals surface area contributed by atoms with Crippen molar-refractivity contribution in [2.75, 3.05) is 19.0 Å². The fourth-order valence-corrected chi connectivity index (χ4v) is 5.37. The number of hydrogen-bond acceptors (Lipinski definition) is 6. The minimum absolute atomic E-state index is 0.0214. The summed E-state index contributed by atoms with van der Waals surface area (Å²) in [6, 6.07) is 14.0. The maximum atomic E-state index is 13.1. The maximum Gasteiger partial charge on any atom is 0.269 e. The average molecular weight is 442 g/mol. The van der Waals surface area contributed by atoms with Crippen LogP contribution in [0.3, 0.4) is 0 Å². The number of hydrogen-bond donors (Lipinski definition) is 1. The molecule has 0 bridgehead atoms. The van der Waals surface area contributed by atoms with Gasteiger partial charge in [-0.3, -0.25) is 4.79 Å². The number of ether oxygens (including phenoxy) is 1. The monoisotopic (exact) mass is 441 g/mol. The number of nitrogens with one attached hydrogen (secondary N) is 1. The van der Waals surface area contributed by atoms with Crippen molar-refractivity contribution in [3.63, 3.8) is 0 Å². The third-order valence-corrected chi connectivity index (χ3v) is 7.26. The first-order valence-electron chi connectivity index (χ1n) is 9.07. The predicted molar refractivity (Wildman–Crippen MR) is 117 cm³/mol. The Bertz CT molecular complexity index is 1320. The van der Waals surface area contributed by atoms with Gasteiger partial charge >= 0.3 is 0 Å². The molecular weight excluding hydrogens is 422 g/mol. The molecule has 4 rings (SSSR count). The van der Waals surface area contributed by atoms with E-state index in [9.17, 15) is 13.2 Å². The first-order valence-corrected chi connectivity index (χ1v) is 11.3. The van der Waals surface area contributed by atoms with Crippen LogP contribution < -0.4 is 5.32 Å². The molecule has 0 unspecified atom stereocenters. The fourth-order valence-electron chi connectivity index (χ4n) is 3.10. The number of methoxy groups -OCH3 is 1. The van der Waals surface area contributed by atoms with Crippen LogP contribution in [0.15, 0.2) is 65.8 Å². The molecule has 7 nitrogen and oxygen atoms in total. The summed E-state index contributed by atoms with van der Waals surface area (Å²) >= 11 is 1.40. The quantitative estimate of drug-likeness (QED) is 0.490. The van der Waals surface area contributed by atoms with E-state index in [-0.39, 0.29) is 17.4 Å². The number of amides is 1. The highest BCUT2D eigenvalue weighted by Gasteiger charge is 2.21. The molecular formula is C21H19N3O4S2. The van der Waals surface area contributed by atoms with Crippen molar-refractivity contribution in [1.82, 2.24) is 8.96 Å². The Hall–Kier alpha value is -3.01. The van der Waals surface area contributed by atoms with Gasteiger partial charge in [0.25, 0.3) is 15.9 Å². The highest BCUT2D eigenvalue weighted by molar-refractivity contribution is 7.90. The third-order valence-electron chi connectivity index (χ3n) is 4.54. The van der Waals surface area contributed by atoms with Gasteiger partial charge in [0.05, 0.1) is 9.90 Å². The van der Waals surface area contributed by atoms with E-state index in [0.717, 1.165) is 16.0 Å². The third kappa shape index (κ3) is 3.74. The molecule has 154 valence electrons. The normalized spacial score (nSPS) is 11.7. The van der Waals surface area contributed by atoms with E-state index >= 15 is 0 Å². The summed E-state index contributed by atoms with van der Waals surface area (Å²) in [6.45, 7) is 1.88. The summed E-state index contributed by atoms with van der Waals surface area (Å²) in [6.07, 6.45) is 3.10. The zero-order valence-corrected chi connectivity index (χ0v) is 18.0. The number of nitrogens with zero attached hydrogens (tertiary/aromatic N) is 2. The standard InChI is InChI=1S/C21H19N3O4S2/c1-14-3-5-15(6-4-14)30(26,27)24-12-10-17-16(9-11-22-21(17)24)18-7-8-20(29-18)23-19(25)13-28-2/h3-12H,13H2,1-2H3,(H,23,25). The second kappa shape index (κ2) is 8.02. The average Bonchev–Trinajstić information content (AvgIpc) is 3.35. The summed E-state index contributed by atoms with van der Waals surface area (Å²) in [4.78, 5) is 17.1. The van der Waals surface area contributed by atoms with E-state index in [0.29, 0.717) is 16.0 Å². The molecule has 3 heterocycles. The summed E-state index contributed by atoms with van der Waals surface area (Å²) in [5, 5.41) is 4.17. The fraction of sp³-hybridized carbons (Fsp3) is 0.143. The Morgan fingerprint density at radius 1 is 1.13 bits per heavy atom. The number of aromatic nitrogens is 2. The number of aryl methyl sites for hydroxylation is 1. The van der Waals surface area contributed by atoms with Crippen LogP contribution >= 0.6 is 11.3 Å². The summed E-state index contributed by atoms with van der Waals surface area (Å²) in [5.74, 6) is -0.235. The molecule has 30 heavy (non-hydrogen) atoms. The first-order chi connectivity index (χ1) is 14.4. The van der Waals surface area contributed by atoms with Crippen LogP contribution in [0, 0.1) is 6.92 Å². The van der Waals surface area contributed by atoms with Gasteiger partial charge in [0, 0.05) is 35.3 Å². The molecule has 0 aliphatic carbocycles. The molecule has 0 aliphatic heterocycles. The molecule has 0 spiro atoms. The molecule has 0 saturated heterocycles. The molecule has 0 aliphatic rings. The highest BCUT2D eigenvalue weighted by Crippen LogP contribution is 2.36. The van der Waals surface area contributed by atoms with E-state index in [1.807, 2.05) is 19.1 Å². The minimum Gasteiger partial charge on any atom is -0.375 e. The molecule has 9 heteroatoms. The van der Waals surface area contributed by atoms with Gasteiger partial charge in [-0.2, -0.15) is 0 Å². The lowest BCUT2D eigenvalue weighted by atomic mass is 10.1. The van der Waals surface area contributed by atoms with Crippen molar-refractivity contribution in [2.24, 2.45) is 0 Å². The van der Waals surface area contributed by atoms with Crippen molar-refractivity contribution in [1.29, 1.82) is 0 Å². The lowest BCUT2D eigenvalue weighted by Crippen LogP contribution is -2.16. The number of carbonyl (C=O) groups is 1. The minimum atomic E-state index is -3.77. The number of thiophene rings is 1. The molecule has 0 atom stereocenters. The van der Waals surface area contributed by atoms with Crippen LogP contribution in [0.5, 0.6) is 0 Å². The Morgan fingerprint density at radius 3 is 2.63 bits per heavy atom. The van der Waals surface area contributed by atoms with Gasteiger partial charge in [0.15, 0.2) is 5.65 Å². The highest BCUT2D eigenvalue weighted by atomic mass is 32.2. The van der Waals surface area contributed by atoms with Crippen LogP contribution in [0.4, 0.5) is 5.00 Å². The molecule has 0 radical (unpaired) electrons. The molecule has 3 aromatic heterocycles. The van der Waals surface area contributed by atoms with E-state index in [1.165, 1.54) is 28.6 Å². The summed E-state index contributed by atoms with van der Waals surface area (Å²) < 4.78 is 32.3. The van der Waals surface area contributed by atoms with Crippen molar-refractivity contribution in [3.05, 3.63) is 66.5 Å². The Balaban J connectivity index is 1.73. The van der Waals surface area contributed by atoms with Crippen LogP contribution in [0.25, 0.3) is 21.5 Å². The van der Waals surface area contributed by atoms with Gasteiger partial charge in [0.2, 0.25) is 0 Å². The lowest BCUT2D eigenvalue weighted by molar-refractivity contribution is -0.119. The zero-order chi connectivity index (χ0) is 21.3. The smallest absolute Gasteiger partial charge is 0.269 e. The summed E-state index contributed by atoms with van der Waals surface area (Å²) in [5.41, 5.74) is 2.18. The van der Waals surface area contributed by atoms with Crippen LogP contribution in [-0.4, -0.2) is 37.0 Å². The number of rotatable bonds is 6. The number of benzene rings is 1. The molecule has 1 amide bonds. The van der Waals surface area contributed by atoms with Crippen molar-refractivity contribution in [3.8, 4) is 10.4 Å². The Labute approximate surface area is 178 Å². The number of fused-ring (bicyclic) bond motifs is 1. The lowest BCUT2D eigenvalue weighted by Gasteiger charge is -2.08. The second-order valence-electron chi connectivity index (χ2n) is 6.67. The van der Waals surface area contributed by atoms with Crippen molar-refractivity contribution in [2.45, 2.75) is 11.8 Å². The molecule has 1 aromatic carbocycles.